The first kappa shape index (κ1) is 19.1. The number of fused-ring (bicyclic) bond motifs is 1. The topological polar surface area (TPSA) is 34.8 Å². The zero-order valence-corrected chi connectivity index (χ0v) is 17.0. The second-order valence-electron chi connectivity index (χ2n) is 6.87. The molecule has 0 atom stereocenters. The fourth-order valence-electron chi connectivity index (χ4n) is 3.46. The summed E-state index contributed by atoms with van der Waals surface area (Å²) >= 11 is 12.4. The number of rotatable bonds is 8. The molecule has 4 nitrogen and oxygen atoms in total. The van der Waals surface area contributed by atoms with Crippen LogP contribution in [0.15, 0.2) is 67.4 Å². The maximum Gasteiger partial charge on any atom is 0.0945 e. The van der Waals surface area contributed by atoms with Crippen molar-refractivity contribution in [3.8, 4) is 0 Å². The molecule has 144 valence electrons. The summed E-state index contributed by atoms with van der Waals surface area (Å²) in [6.45, 7) is 3.49. The fraction of sp³-hybridized carbons (Fsp3) is 0.227. The van der Waals surface area contributed by atoms with Gasteiger partial charge < -0.3 is 14.5 Å². The van der Waals surface area contributed by atoms with Crippen LogP contribution in [0.4, 0.5) is 0 Å². The number of para-hydroxylation sites is 1. The van der Waals surface area contributed by atoms with Crippen LogP contribution in [0.3, 0.4) is 0 Å². The van der Waals surface area contributed by atoms with Crippen LogP contribution < -0.4 is 5.32 Å². The monoisotopic (exact) mass is 412 g/mol. The Morgan fingerprint density at radius 2 is 1.93 bits per heavy atom. The standard InChI is InChI=1S/C22H22Cl2N4/c23-19-7-6-17(21(24)12-19)14-28-15-18(20-4-1-2-5-22(20)28)13-25-8-3-10-27-11-9-26-16-27/h1-2,4-7,9,11-12,15-16,25H,3,8,10,13-14H2. The Hall–Kier alpha value is -2.27. The first-order valence-corrected chi connectivity index (χ1v) is 10.1. The molecule has 0 fully saturated rings. The van der Waals surface area contributed by atoms with E-state index in [1.807, 2.05) is 30.9 Å². The van der Waals surface area contributed by atoms with Gasteiger partial charge in [0.15, 0.2) is 0 Å². The lowest BCUT2D eigenvalue weighted by Crippen LogP contribution is -2.16. The Morgan fingerprint density at radius 3 is 2.75 bits per heavy atom. The second-order valence-corrected chi connectivity index (χ2v) is 7.71. The van der Waals surface area contributed by atoms with E-state index in [0.29, 0.717) is 10.0 Å². The van der Waals surface area contributed by atoms with Crippen LogP contribution >= 0.6 is 23.2 Å². The van der Waals surface area contributed by atoms with Gasteiger partial charge in [0.25, 0.3) is 0 Å². The van der Waals surface area contributed by atoms with Gasteiger partial charge in [-0.1, -0.05) is 47.5 Å². The molecule has 0 aliphatic heterocycles. The van der Waals surface area contributed by atoms with E-state index in [4.69, 9.17) is 23.2 Å². The quantitative estimate of drug-likeness (QED) is 0.394. The molecular weight excluding hydrogens is 391 g/mol. The van der Waals surface area contributed by atoms with Crippen LogP contribution in [-0.4, -0.2) is 20.7 Å². The molecule has 0 saturated carbocycles. The molecule has 4 rings (SSSR count). The molecule has 0 spiro atoms. The molecule has 4 aromatic rings. The normalized spacial score (nSPS) is 11.4. The number of nitrogens with one attached hydrogen (secondary N) is 1. The van der Waals surface area contributed by atoms with Gasteiger partial charge in [-0.3, -0.25) is 0 Å². The summed E-state index contributed by atoms with van der Waals surface area (Å²) in [4.78, 5) is 4.07. The third-order valence-electron chi connectivity index (χ3n) is 4.87. The molecule has 28 heavy (non-hydrogen) atoms. The summed E-state index contributed by atoms with van der Waals surface area (Å²) in [6.07, 6.45) is 8.95. The summed E-state index contributed by atoms with van der Waals surface area (Å²) in [5.41, 5.74) is 3.57. The number of halogens is 2. The summed E-state index contributed by atoms with van der Waals surface area (Å²) in [5.74, 6) is 0. The summed E-state index contributed by atoms with van der Waals surface area (Å²) in [7, 11) is 0. The number of aromatic nitrogens is 3. The van der Waals surface area contributed by atoms with Gasteiger partial charge in [-0.2, -0.15) is 0 Å². The summed E-state index contributed by atoms with van der Waals surface area (Å²) < 4.78 is 4.36. The van der Waals surface area contributed by atoms with E-state index in [-0.39, 0.29) is 0 Å². The van der Waals surface area contributed by atoms with E-state index in [2.05, 4.69) is 49.9 Å². The average molecular weight is 413 g/mol. The van der Waals surface area contributed by atoms with Crippen molar-refractivity contribution in [3.05, 3.63) is 88.6 Å². The minimum absolute atomic E-state index is 0.659. The average Bonchev–Trinajstić information content (AvgIpc) is 3.32. The van der Waals surface area contributed by atoms with Gasteiger partial charge in [0.05, 0.1) is 6.33 Å². The summed E-state index contributed by atoms with van der Waals surface area (Å²) in [6, 6.07) is 14.2. The van der Waals surface area contributed by atoms with Gasteiger partial charge >= 0.3 is 0 Å². The highest BCUT2D eigenvalue weighted by molar-refractivity contribution is 6.35. The molecule has 2 heterocycles. The van der Waals surface area contributed by atoms with E-state index >= 15 is 0 Å². The predicted octanol–water partition coefficient (Wildman–Crippen LogP) is 5.37. The SMILES string of the molecule is Clc1ccc(Cn2cc(CNCCCn3ccnc3)c3ccccc32)c(Cl)c1. The van der Waals surface area contributed by atoms with Gasteiger partial charge in [0, 0.05) is 59.2 Å². The smallest absolute Gasteiger partial charge is 0.0945 e. The lowest BCUT2D eigenvalue weighted by atomic mass is 10.2. The van der Waals surface area contributed by atoms with Crippen LogP contribution in [0, 0.1) is 0 Å². The van der Waals surface area contributed by atoms with Crippen LogP contribution in [0.2, 0.25) is 10.0 Å². The molecule has 0 saturated heterocycles. The Labute approximate surface area is 174 Å². The molecular formula is C22H22Cl2N4. The minimum atomic E-state index is 0.659. The van der Waals surface area contributed by atoms with E-state index < -0.39 is 0 Å². The van der Waals surface area contributed by atoms with Crippen LogP contribution in [0.5, 0.6) is 0 Å². The van der Waals surface area contributed by atoms with Crippen LogP contribution in [-0.2, 0) is 19.6 Å². The van der Waals surface area contributed by atoms with Crippen molar-refractivity contribution in [2.24, 2.45) is 0 Å². The lowest BCUT2D eigenvalue weighted by Gasteiger charge is -2.08. The van der Waals surface area contributed by atoms with Gasteiger partial charge in [-0.05, 0) is 42.3 Å². The molecule has 2 aromatic heterocycles. The molecule has 1 N–H and O–H groups in total. The molecule has 6 heteroatoms. The van der Waals surface area contributed by atoms with Gasteiger partial charge in [0.1, 0.15) is 0 Å². The molecule has 0 aliphatic rings. The zero-order chi connectivity index (χ0) is 19.3. The molecule has 0 unspecified atom stereocenters. The minimum Gasteiger partial charge on any atom is -0.343 e. The van der Waals surface area contributed by atoms with E-state index in [1.165, 1.54) is 16.5 Å². The number of hydrogen-bond donors (Lipinski definition) is 1. The summed E-state index contributed by atoms with van der Waals surface area (Å²) in [5, 5.41) is 6.19. The number of hydrogen-bond acceptors (Lipinski definition) is 2. The highest BCUT2D eigenvalue weighted by Gasteiger charge is 2.10. The molecule has 0 radical (unpaired) electrons. The molecule has 0 amide bonds. The van der Waals surface area contributed by atoms with Crippen molar-refractivity contribution in [2.45, 2.75) is 26.1 Å². The van der Waals surface area contributed by atoms with Crippen molar-refractivity contribution >= 4 is 34.1 Å². The number of aryl methyl sites for hydroxylation is 1. The van der Waals surface area contributed by atoms with E-state index in [1.54, 1.807) is 6.07 Å². The van der Waals surface area contributed by atoms with Gasteiger partial charge in [0.2, 0.25) is 0 Å². The van der Waals surface area contributed by atoms with Crippen molar-refractivity contribution in [2.75, 3.05) is 6.54 Å². The van der Waals surface area contributed by atoms with Crippen molar-refractivity contribution in [3.63, 3.8) is 0 Å². The van der Waals surface area contributed by atoms with Crippen molar-refractivity contribution in [1.29, 1.82) is 0 Å². The van der Waals surface area contributed by atoms with E-state index in [0.717, 1.165) is 38.2 Å². The third-order valence-corrected chi connectivity index (χ3v) is 5.46. The lowest BCUT2D eigenvalue weighted by molar-refractivity contribution is 0.581. The van der Waals surface area contributed by atoms with Crippen LogP contribution in [0.1, 0.15) is 17.5 Å². The highest BCUT2D eigenvalue weighted by Crippen LogP contribution is 2.26. The first-order valence-electron chi connectivity index (χ1n) is 9.38. The highest BCUT2D eigenvalue weighted by atomic mass is 35.5. The Bertz CT molecular complexity index is 1050. The first-order chi connectivity index (χ1) is 13.7. The van der Waals surface area contributed by atoms with Crippen molar-refractivity contribution in [1.82, 2.24) is 19.4 Å². The van der Waals surface area contributed by atoms with Gasteiger partial charge in [-0.15, -0.1) is 0 Å². The third kappa shape index (κ3) is 4.41. The second kappa shape index (κ2) is 8.82. The zero-order valence-electron chi connectivity index (χ0n) is 15.5. The fourth-order valence-corrected chi connectivity index (χ4v) is 3.92. The van der Waals surface area contributed by atoms with Crippen LogP contribution in [0.25, 0.3) is 10.9 Å². The maximum absolute atomic E-state index is 6.38. The Kier molecular flexibility index (Phi) is 6.01. The number of benzene rings is 2. The molecule has 0 aliphatic carbocycles. The Balaban J connectivity index is 1.45. The molecule has 0 bridgehead atoms. The van der Waals surface area contributed by atoms with Gasteiger partial charge in [-0.25, -0.2) is 4.98 Å². The largest absolute Gasteiger partial charge is 0.343 e. The maximum atomic E-state index is 6.38. The predicted molar refractivity (Wildman–Crippen MR) is 116 cm³/mol. The molecule has 2 aromatic carbocycles. The van der Waals surface area contributed by atoms with Crippen molar-refractivity contribution < 1.29 is 0 Å². The number of imidazole rings is 1. The number of nitrogens with zero attached hydrogens (tertiary/aromatic N) is 3. The van der Waals surface area contributed by atoms with E-state index in [9.17, 15) is 0 Å². The Morgan fingerprint density at radius 1 is 1.04 bits per heavy atom.